The number of ether oxygens (including phenoxy) is 1. The Balaban J connectivity index is 2.45. The summed E-state index contributed by atoms with van der Waals surface area (Å²) >= 11 is 0. The van der Waals surface area contributed by atoms with Crippen LogP contribution in [-0.2, 0) is 20.0 Å². The molecule has 0 aromatic heterocycles. The molecule has 2 aromatic rings. The van der Waals surface area contributed by atoms with Gasteiger partial charge >= 0.3 is 0 Å². The summed E-state index contributed by atoms with van der Waals surface area (Å²) in [5, 5.41) is 8.78. The molecule has 2 rings (SSSR count). The van der Waals surface area contributed by atoms with Gasteiger partial charge in [0.25, 0.3) is 10.0 Å². The molecule has 0 unspecified atom stereocenters. The molecule has 0 saturated carbocycles. The molecule has 0 amide bonds. The highest BCUT2D eigenvalue weighted by molar-refractivity contribution is 7.92. The summed E-state index contributed by atoms with van der Waals surface area (Å²) in [6.45, 7) is 0. The minimum Gasteiger partial charge on any atom is -0.495 e. The summed E-state index contributed by atoms with van der Waals surface area (Å²) in [4.78, 5) is -0.214. The van der Waals surface area contributed by atoms with Gasteiger partial charge in [0.1, 0.15) is 10.6 Å². The van der Waals surface area contributed by atoms with Gasteiger partial charge in [-0.3, -0.25) is 4.72 Å². The zero-order valence-corrected chi connectivity index (χ0v) is 15.9. The van der Waals surface area contributed by atoms with Gasteiger partial charge in [0.2, 0.25) is 10.0 Å². The van der Waals surface area contributed by atoms with Crippen LogP contribution < -0.4 is 9.46 Å². The molecule has 0 fully saturated rings. The molecule has 2 aromatic carbocycles. The topological polar surface area (TPSA) is 117 Å². The Morgan fingerprint density at radius 1 is 1.04 bits per heavy atom. The van der Waals surface area contributed by atoms with Gasteiger partial charge in [0.05, 0.1) is 29.3 Å². The highest BCUT2D eigenvalue weighted by Crippen LogP contribution is 2.29. The maximum absolute atomic E-state index is 12.5. The van der Waals surface area contributed by atoms with Crippen molar-refractivity contribution >= 4 is 25.7 Å². The maximum Gasteiger partial charge on any atom is 0.261 e. The van der Waals surface area contributed by atoms with E-state index in [9.17, 15) is 16.8 Å². The average molecular weight is 395 g/mol. The van der Waals surface area contributed by atoms with E-state index in [1.807, 2.05) is 6.07 Å². The Labute approximate surface area is 152 Å². The van der Waals surface area contributed by atoms with Gasteiger partial charge in [-0.1, -0.05) is 0 Å². The molecule has 26 heavy (non-hydrogen) atoms. The molecule has 0 aliphatic heterocycles. The molecule has 10 heteroatoms. The highest BCUT2D eigenvalue weighted by Gasteiger charge is 2.24. The van der Waals surface area contributed by atoms with Crippen molar-refractivity contribution in [2.45, 2.75) is 9.79 Å². The molecule has 0 saturated heterocycles. The van der Waals surface area contributed by atoms with Gasteiger partial charge in [-0.25, -0.2) is 21.1 Å². The Bertz CT molecular complexity index is 1050. The molecule has 8 nitrogen and oxygen atoms in total. The number of rotatable bonds is 6. The lowest BCUT2D eigenvalue weighted by Crippen LogP contribution is -2.23. The SMILES string of the molecule is COc1ccc(NS(=O)(=O)c2ccc(C#N)cc2)cc1S(=O)(=O)N(C)C. The van der Waals surface area contributed by atoms with Crippen LogP contribution in [-0.4, -0.2) is 42.3 Å². The molecular weight excluding hydrogens is 378 g/mol. The molecule has 0 aliphatic rings. The van der Waals surface area contributed by atoms with Crippen LogP contribution in [0.5, 0.6) is 5.75 Å². The van der Waals surface area contributed by atoms with E-state index in [2.05, 4.69) is 4.72 Å². The van der Waals surface area contributed by atoms with E-state index in [-0.39, 0.29) is 21.2 Å². The van der Waals surface area contributed by atoms with E-state index in [0.29, 0.717) is 5.56 Å². The van der Waals surface area contributed by atoms with Crippen LogP contribution in [0.4, 0.5) is 5.69 Å². The van der Waals surface area contributed by atoms with Crippen LogP contribution in [0.25, 0.3) is 0 Å². The first kappa shape index (κ1) is 19.7. The summed E-state index contributed by atoms with van der Waals surface area (Å²) < 4.78 is 58.1. The van der Waals surface area contributed by atoms with Crippen LogP contribution >= 0.6 is 0 Å². The van der Waals surface area contributed by atoms with Crippen molar-refractivity contribution in [3.8, 4) is 11.8 Å². The number of sulfonamides is 2. The van der Waals surface area contributed by atoms with E-state index < -0.39 is 20.0 Å². The second-order valence-electron chi connectivity index (χ2n) is 5.39. The monoisotopic (exact) mass is 395 g/mol. The molecule has 0 heterocycles. The normalized spacial score (nSPS) is 11.8. The van der Waals surface area contributed by atoms with Gasteiger partial charge in [-0.15, -0.1) is 0 Å². The first-order valence-electron chi connectivity index (χ1n) is 7.25. The second-order valence-corrected chi connectivity index (χ2v) is 9.20. The van der Waals surface area contributed by atoms with E-state index in [0.717, 1.165) is 4.31 Å². The van der Waals surface area contributed by atoms with Crippen LogP contribution in [0.3, 0.4) is 0 Å². The zero-order chi connectivity index (χ0) is 19.5. The van der Waals surface area contributed by atoms with Gasteiger partial charge < -0.3 is 4.74 Å². The fourth-order valence-corrected chi connectivity index (χ4v) is 4.19. The molecule has 138 valence electrons. The standard InChI is InChI=1S/C16H17N3O5S2/c1-19(2)26(22,23)16-10-13(6-9-15(16)24-3)18-25(20,21)14-7-4-12(11-17)5-8-14/h4-10,18H,1-3H3. The van der Waals surface area contributed by atoms with Crippen molar-refractivity contribution in [3.63, 3.8) is 0 Å². The Kier molecular flexibility index (Phi) is 5.56. The largest absolute Gasteiger partial charge is 0.495 e. The van der Waals surface area contributed by atoms with Crippen molar-refractivity contribution in [2.24, 2.45) is 0 Å². The van der Waals surface area contributed by atoms with Gasteiger partial charge in [-0.2, -0.15) is 5.26 Å². The smallest absolute Gasteiger partial charge is 0.261 e. The molecule has 0 radical (unpaired) electrons. The molecule has 0 atom stereocenters. The second kappa shape index (κ2) is 7.33. The number of nitrogens with zero attached hydrogens (tertiary/aromatic N) is 2. The van der Waals surface area contributed by atoms with Crippen molar-refractivity contribution in [3.05, 3.63) is 48.0 Å². The number of anilines is 1. The van der Waals surface area contributed by atoms with Crippen LogP contribution in [0, 0.1) is 11.3 Å². The Morgan fingerprint density at radius 2 is 1.65 bits per heavy atom. The summed E-state index contributed by atoms with van der Waals surface area (Å²) in [5.74, 6) is 0.0972. The highest BCUT2D eigenvalue weighted by atomic mass is 32.2. The Hall–Kier alpha value is -2.61. The van der Waals surface area contributed by atoms with E-state index in [4.69, 9.17) is 10.00 Å². The van der Waals surface area contributed by atoms with Gasteiger partial charge in [-0.05, 0) is 42.5 Å². The minimum absolute atomic E-state index is 0.0515. The third-order valence-electron chi connectivity index (χ3n) is 3.47. The van der Waals surface area contributed by atoms with E-state index in [1.54, 1.807) is 0 Å². The predicted molar refractivity (Wildman–Crippen MR) is 95.8 cm³/mol. The fraction of sp³-hybridized carbons (Fsp3) is 0.188. The fourth-order valence-electron chi connectivity index (χ4n) is 2.06. The maximum atomic E-state index is 12.5. The number of nitriles is 1. The third kappa shape index (κ3) is 3.96. The average Bonchev–Trinajstić information content (AvgIpc) is 2.61. The summed E-state index contributed by atoms with van der Waals surface area (Å²) in [6.07, 6.45) is 0. The van der Waals surface area contributed by atoms with Crippen molar-refractivity contribution in [1.82, 2.24) is 4.31 Å². The van der Waals surface area contributed by atoms with Gasteiger partial charge in [0.15, 0.2) is 0 Å². The number of nitrogens with one attached hydrogen (secondary N) is 1. The van der Waals surface area contributed by atoms with Crippen LogP contribution in [0.1, 0.15) is 5.56 Å². The molecule has 1 N–H and O–H groups in total. The number of benzene rings is 2. The summed E-state index contributed by atoms with van der Waals surface area (Å²) in [5.41, 5.74) is 0.392. The number of hydrogen-bond acceptors (Lipinski definition) is 6. The van der Waals surface area contributed by atoms with Crippen molar-refractivity contribution in [2.75, 3.05) is 25.9 Å². The van der Waals surface area contributed by atoms with E-state index in [1.165, 1.54) is 63.7 Å². The molecule has 0 bridgehead atoms. The number of hydrogen-bond donors (Lipinski definition) is 1. The lowest BCUT2D eigenvalue weighted by Gasteiger charge is -2.16. The lowest BCUT2D eigenvalue weighted by molar-refractivity contribution is 0.400. The van der Waals surface area contributed by atoms with Crippen LogP contribution in [0.15, 0.2) is 52.3 Å². The van der Waals surface area contributed by atoms with Crippen LogP contribution in [0.2, 0.25) is 0 Å². The quantitative estimate of drug-likeness (QED) is 0.794. The molecular formula is C16H17N3O5S2. The minimum atomic E-state index is -3.95. The zero-order valence-electron chi connectivity index (χ0n) is 14.3. The third-order valence-corrected chi connectivity index (χ3v) is 6.70. The van der Waals surface area contributed by atoms with Crippen molar-refractivity contribution < 1.29 is 21.6 Å². The van der Waals surface area contributed by atoms with E-state index >= 15 is 0 Å². The molecule has 0 spiro atoms. The first-order valence-corrected chi connectivity index (χ1v) is 10.2. The Morgan fingerprint density at radius 3 is 2.15 bits per heavy atom. The van der Waals surface area contributed by atoms with Crippen molar-refractivity contribution in [1.29, 1.82) is 5.26 Å². The summed E-state index contributed by atoms with van der Waals surface area (Å²) in [6, 6.07) is 11.2. The molecule has 0 aliphatic carbocycles. The lowest BCUT2D eigenvalue weighted by atomic mass is 10.2. The van der Waals surface area contributed by atoms with Gasteiger partial charge in [0, 0.05) is 14.1 Å². The summed E-state index contributed by atoms with van der Waals surface area (Å²) in [7, 11) is -3.73. The number of methoxy groups -OCH3 is 1. The first-order chi connectivity index (χ1) is 12.1. The predicted octanol–water partition coefficient (Wildman–Crippen LogP) is 1.62.